The van der Waals surface area contributed by atoms with Crippen molar-refractivity contribution in [2.75, 3.05) is 11.1 Å². The summed E-state index contributed by atoms with van der Waals surface area (Å²) < 4.78 is 9.85. The molecule has 0 aliphatic heterocycles. The number of para-hydroxylation sites is 1. The fourth-order valence-corrected chi connectivity index (χ4v) is 2.14. The minimum Gasteiger partial charge on any atom is -0.449 e. The van der Waals surface area contributed by atoms with Crippen molar-refractivity contribution < 1.29 is 18.8 Å². The number of hydrogen-bond donors (Lipinski definition) is 2. The summed E-state index contributed by atoms with van der Waals surface area (Å²) in [5, 5.41) is 6.35. The Morgan fingerprint density at radius 2 is 1.87 bits per heavy atom. The van der Waals surface area contributed by atoms with Crippen LogP contribution in [0.15, 0.2) is 22.7 Å². The van der Waals surface area contributed by atoms with Crippen LogP contribution in [-0.2, 0) is 9.53 Å². The number of nitrogens with one attached hydrogen (secondary N) is 1. The number of esters is 1. The Kier molecular flexibility index (Phi) is 4.68. The van der Waals surface area contributed by atoms with Crippen LogP contribution in [0.4, 0.5) is 11.6 Å². The van der Waals surface area contributed by atoms with E-state index in [9.17, 15) is 9.59 Å². The van der Waals surface area contributed by atoms with E-state index in [1.54, 1.807) is 6.92 Å². The molecule has 23 heavy (non-hydrogen) atoms. The van der Waals surface area contributed by atoms with E-state index in [1.165, 1.54) is 6.92 Å². The van der Waals surface area contributed by atoms with Gasteiger partial charge in [-0.2, -0.15) is 0 Å². The van der Waals surface area contributed by atoms with Gasteiger partial charge in [-0.15, -0.1) is 0 Å². The number of hydrogen-bond acceptors (Lipinski definition) is 6. The maximum atomic E-state index is 12.2. The summed E-state index contributed by atoms with van der Waals surface area (Å²) in [6, 6.07) is 5.68. The predicted octanol–water partition coefficient (Wildman–Crippen LogP) is 2.37. The fraction of sp³-hybridized carbons (Fsp3) is 0.312. The molecule has 0 aliphatic rings. The third kappa shape index (κ3) is 3.50. The first-order valence-corrected chi connectivity index (χ1v) is 7.11. The Bertz CT molecular complexity index is 712. The number of benzene rings is 1. The molecule has 122 valence electrons. The smallest absolute Gasteiger partial charge is 0.346 e. The Labute approximate surface area is 133 Å². The number of carbonyl (C=O) groups is 2. The van der Waals surface area contributed by atoms with E-state index in [2.05, 4.69) is 10.5 Å². The summed E-state index contributed by atoms with van der Waals surface area (Å²) in [6.45, 7) is 6.83. The molecule has 1 atom stereocenters. The number of nitrogen functional groups attached to an aromatic ring is 1. The highest BCUT2D eigenvalue weighted by atomic mass is 16.5. The van der Waals surface area contributed by atoms with E-state index in [0.29, 0.717) is 11.4 Å². The number of nitrogens with zero attached hydrogens (tertiary/aromatic N) is 1. The lowest BCUT2D eigenvalue weighted by Gasteiger charge is -2.16. The SMILES string of the molecule is Cc1cccc(C)c1NC(=O)C(C)OC(=O)c1c(C)noc1N. The van der Waals surface area contributed by atoms with Gasteiger partial charge in [0, 0.05) is 5.69 Å². The van der Waals surface area contributed by atoms with Gasteiger partial charge in [0.15, 0.2) is 6.10 Å². The summed E-state index contributed by atoms with van der Waals surface area (Å²) in [6.07, 6.45) is -0.991. The molecular weight excluding hydrogens is 298 g/mol. The van der Waals surface area contributed by atoms with Crippen LogP contribution in [0, 0.1) is 20.8 Å². The van der Waals surface area contributed by atoms with E-state index in [4.69, 9.17) is 15.0 Å². The monoisotopic (exact) mass is 317 g/mol. The Morgan fingerprint density at radius 3 is 2.39 bits per heavy atom. The number of aryl methyl sites for hydroxylation is 3. The van der Waals surface area contributed by atoms with Crippen LogP contribution in [0.5, 0.6) is 0 Å². The van der Waals surface area contributed by atoms with Crippen LogP contribution >= 0.6 is 0 Å². The summed E-state index contributed by atoms with van der Waals surface area (Å²) in [4.78, 5) is 24.3. The van der Waals surface area contributed by atoms with Crippen molar-refractivity contribution >= 4 is 23.4 Å². The molecule has 2 aromatic rings. The number of rotatable bonds is 4. The Morgan fingerprint density at radius 1 is 1.26 bits per heavy atom. The molecule has 2 rings (SSSR count). The largest absolute Gasteiger partial charge is 0.449 e. The van der Waals surface area contributed by atoms with Gasteiger partial charge in [0.2, 0.25) is 5.88 Å². The van der Waals surface area contributed by atoms with Crippen LogP contribution in [0.3, 0.4) is 0 Å². The topological polar surface area (TPSA) is 107 Å². The molecule has 1 aromatic carbocycles. The van der Waals surface area contributed by atoms with Gasteiger partial charge in [-0.1, -0.05) is 23.4 Å². The van der Waals surface area contributed by atoms with Crippen molar-refractivity contribution in [2.24, 2.45) is 0 Å². The molecule has 0 saturated carbocycles. The second-order valence-electron chi connectivity index (χ2n) is 5.31. The number of aromatic nitrogens is 1. The quantitative estimate of drug-likeness (QED) is 0.838. The van der Waals surface area contributed by atoms with Gasteiger partial charge in [-0.3, -0.25) is 4.79 Å². The summed E-state index contributed by atoms with van der Waals surface area (Å²) in [7, 11) is 0. The maximum absolute atomic E-state index is 12.2. The lowest BCUT2D eigenvalue weighted by Crippen LogP contribution is -2.30. The van der Waals surface area contributed by atoms with Gasteiger partial charge in [0.05, 0.1) is 5.69 Å². The molecular formula is C16H19N3O4. The highest BCUT2D eigenvalue weighted by Crippen LogP contribution is 2.21. The lowest BCUT2D eigenvalue weighted by atomic mass is 10.1. The van der Waals surface area contributed by atoms with Crippen molar-refractivity contribution in [2.45, 2.75) is 33.8 Å². The van der Waals surface area contributed by atoms with E-state index in [0.717, 1.165) is 11.1 Å². The molecule has 0 fully saturated rings. The van der Waals surface area contributed by atoms with Gasteiger partial charge in [0.1, 0.15) is 5.56 Å². The first-order chi connectivity index (χ1) is 10.8. The molecule has 0 radical (unpaired) electrons. The van der Waals surface area contributed by atoms with Gasteiger partial charge >= 0.3 is 5.97 Å². The minimum atomic E-state index is -0.991. The van der Waals surface area contributed by atoms with Crippen LogP contribution in [0.2, 0.25) is 0 Å². The second-order valence-corrected chi connectivity index (χ2v) is 5.31. The third-order valence-corrected chi connectivity index (χ3v) is 3.48. The van der Waals surface area contributed by atoms with Crippen molar-refractivity contribution in [3.05, 3.63) is 40.6 Å². The van der Waals surface area contributed by atoms with Crippen molar-refractivity contribution in [3.8, 4) is 0 Å². The molecule has 1 unspecified atom stereocenters. The highest BCUT2D eigenvalue weighted by Gasteiger charge is 2.25. The lowest BCUT2D eigenvalue weighted by molar-refractivity contribution is -0.123. The zero-order valence-electron chi connectivity index (χ0n) is 13.5. The van der Waals surface area contributed by atoms with Crippen molar-refractivity contribution in [1.82, 2.24) is 5.16 Å². The number of anilines is 2. The zero-order chi connectivity index (χ0) is 17.1. The molecule has 1 amide bonds. The summed E-state index contributed by atoms with van der Waals surface area (Å²) in [5.41, 5.74) is 8.44. The van der Waals surface area contributed by atoms with E-state index >= 15 is 0 Å². The van der Waals surface area contributed by atoms with Gasteiger partial charge in [-0.25, -0.2) is 4.79 Å². The van der Waals surface area contributed by atoms with Crippen molar-refractivity contribution in [1.29, 1.82) is 0 Å². The first-order valence-electron chi connectivity index (χ1n) is 7.11. The predicted molar refractivity (Wildman–Crippen MR) is 85.1 cm³/mol. The van der Waals surface area contributed by atoms with Crippen molar-refractivity contribution in [3.63, 3.8) is 0 Å². The fourth-order valence-electron chi connectivity index (χ4n) is 2.14. The van der Waals surface area contributed by atoms with Crippen LogP contribution in [0.25, 0.3) is 0 Å². The standard InChI is InChI=1S/C16H19N3O4/c1-8-6-5-7-9(2)13(8)18-15(20)11(4)22-16(21)12-10(3)19-23-14(12)17/h5-7,11H,17H2,1-4H3,(H,18,20). The molecule has 1 aromatic heterocycles. The third-order valence-electron chi connectivity index (χ3n) is 3.48. The van der Waals surface area contributed by atoms with Gasteiger partial charge in [0.25, 0.3) is 5.91 Å². The number of carbonyl (C=O) groups excluding carboxylic acids is 2. The van der Waals surface area contributed by atoms with Crippen LogP contribution < -0.4 is 11.1 Å². The maximum Gasteiger partial charge on any atom is 0.346 e. The number of nitrogens with two attached hydrogens (primary N) is 1. The summed E-state index contributed by atoms with van der Waals surface area (Å²) >= 11 is 0. The molecule has 0 bridgehead atoms. The first kappa shape index (κ1) is 16.5. The van der Waals surface area contributed by atoms with Crippen LogP contribution in [0.1, 0.15) is 34.1 Å². The highest BCUT2D eigenvalue weighted by molar-refractivity contribution is 5.99. The molecule has 3 N–H and O–H groups in total. The number of amides is 1. The van der Waals surface area contributed by atoms with Gasteiger partial charge in [-0.05, 0) is 38.8 Å². The zero-order valence-corrected chi connectivity index (χ0v) is 13.5. The molecule has 7 heteroatoms. The molecule has 0 saturated heterocycles. The minimum absolute atomic E-state index is 0.0386. The Balaban J connectivity index is 2.07. The van der Waals surface area contributed by atoms with Crippen LogP contribution in [-0.4, -0.2) is 23.1 Å². The normalized spacial score (nSPS) is 11.8. The van der Waals surface area contributed by atoms with E-state index in [1.807, 2.05) is 32.0 Å². The molecule has 7 nitrogen and oxygen atoms in total. The molecule has 0 aliphatic carbocycles. The molecule has 0 spiro atoms. The summed E-state index contributed by atoms with van der Waals surface area (Å²) in [5.74, 6) is -1.30. The number of ether oxygens (including phenoxy) is 1. The average Bonchev–Trinajstić information content (AvgIpc) is 2.82. The van der Waals surface area contributed by atoms with Gasteiger partial charge < -0.3 is 20.3 Å². The average molecular weight is 317 g/mol. The Hall–Kier alpha value is -2.83. The van der Waals surface area contributed by atoms with E-state index in [-0.39, 0.29) is 11.4 Å². The van der Waals surface area contributed by atoms with E-state index < -0.39 is 18.0 Å². The second kappa shape index (κ2) is 6.51. The molecule has 1 heterocycles.